The standard InChI is InChI=1S/C38H41N3O8S2/c1-7-37(3,4)26-18-21-34(31(24-26)38(5,6)8-2)46-22-23-47-36(43)29-16-12-13-17-33(29)49-51(45)41-35(42)30-25-27(19-20-32(30)39-40-41)48-50(44)28-14-10-9-11-15-28/h9-21,24-25H,7-8,22-23H2,1-6H3. The maximum Gasteiger partial charge on any atom is 0.344 e. The van der Waals surface area contributed by atoms with Crippen molar-refractivity contribution in [2.24, 2.45) is 0 Å². The van der Waals surface area contributed by atoms with E-state index in [4.69, 9.17) is 17.8 Å². The molecule has 0 spiro atoms. The molecule has 0 radical (unpaired) electrons. The van der Waals surface area contributed by atoms with Gasteiger partial charge in [-0.2, -0.15) is 4.21 Å². The number of para-hydroxylation sites is 1. The van der Waals surface area contributed by atoms with Gasteiger partial charge in [-0.15, -0.1) is 5.10 Å². The van der Waals surface area contributed by atoms with Gasteiger partial charge in [-0.3, -0.25) is 4.79 Å². The van der Waals surface area contributed by atoms with Crippen molar-refractivity contribution in [3.05, 3.63) is 118 Å². The molecule has 0 saturated heterocycles. The van der Waals surface area contributed by atoms with Gasteiger partial charge in [-0.25, -0.2) is 9.00 Å². The summed E-state index contributed by atoms with van der Waals surface area (Å²) in [6, 6.07) is 25.2. The number of hydrogen-bond acceptors (Lipinski definition) is 10. The van der Waals surface area contributed by atoms with Gasteiger partial charge in [-0.05, 0) is 83.0 Å². The van der Waals surface area contributed by atoms with Gasteiger partial charge in [0.05, 0.1) is 10.3 Å². The van der Waals surface area contributed by atoms with E-state index in [0.29, 0.717) is 8.98 Å². The van der Waals surface area contributed by atoms with Gasteiger partial charge < -0.3 is 17.8 Å². The van der Waals surface area contributed by atoms with Gasteiger partial charge in [0.2, 0.25) is 11.1 Å². The van der Waals surface area contributed by atoms with Crippen LogP contribution in [0.1, 0.15) is 75.9 Å². The van der Waals surface area contributed by atoms with Gasteiger partial charge in [0.15, 0.2) is 5.75 Å². The predicted octanol–water partition coefficient (Wildman–Crippen LogP) is 7.01. The van der Waals surface area contributed by atoms with E-state index >= 15 is 0 Å². The van der Waals surface area contributed by atoms with Crippen LogP contribution in [0.3, 0.4) is 0 Å². The van der Waals surface area contributed by atoms with E-state index in [-0.39, 0.29) is 52.0 Å². The van der Waals surface area contributed by atoms with Gasteiger partial charge in [-0.1, -0.05) is 88.1 Å². The molecule has 2 unspecified atom stereocenters. The van der Waals surface area contributed by atoms with E-state index in [1.54, 1.807) is 42.5 Å². The van der Waals surface area contributed by atoms with Crippen LogP contribution in [0.15, 0.2) is 101 Å². The first-order chi connectivity index (χ1) is 24.3. The number of ether oxygens (including phenoxy) is 2. The predicted molar refractivity (Wildman–Crippen MR) is 197 cm³/mol. The molecular formula is C38H41N3O8S2. The third-order valence-corrected chi connectivity index (χ3v) is 10.8. The molecule has 5 rings (SSSR count). The van der Waals surface area contributed by atoms with Crippen LogP contribution in [-0.2, 0) is 37.9 Å². The van der Waals surface area contributed by atoms with Crippen molar-refractivity contribution < 1.29 is 31.1 Å². The van der Waals surface area contributed by atoms with Crippen molar-refractivity contribution in [2.45, 2.75) is 70.1 Å². The van der Waals surface area contributed by atoms with Gasteiger partial charge in [0.25, 0.3) is 5.56 Å². The minimum absolute atomic E-state index is 0.00593. The molecule has 5 aromatic rings. The molecule has 0 amide bonds. The van der Waals surface area contributed by atoms with E-state index in [0.717, 1.165) is 24.2 Å². The number of esters is 1. The Morgan fingerprint density at radius 1 is 0.784 bits per heavy atom. The van der Waals surface area contributed by atoms with E-state index in [1.165, 1.54) is 35.9 Å². The van der Waals surface area contributed by atoms with Gasteiger partial charge in [0, 0.05) is 5.56 Å². The molecular weight excluding hydrogens is 691 g/mol. The van der Waals surface area contributed by atoms with Gasteiger partial charge >= 0.3 is 17.2 Å². The van der Waals surface area contributed by atoms with Crippen LogP contribution in [0, 0.1) is 0 Å². The van der Waals surface area contributed by atoms with Gasteiger partial charge in [0.1, 0.15) is 35.8 Å². The number of nitrogens with zero attached hydrogens (tertiary/aromatic N) is 3. The Hall–Kier alpha value is -4.88. The summed E-state index contributed by atoms with van der Waals surface area (Å²) in [7, 11) is 0. The molecule has 268 valence electrons. The average Bonchev–Trinajstić information content (AvgIpc) is 3.14. The van der Waals surface area contributed by atoms with E-state index < -0.39 is 33.9 Å². The van der Waals surface area contributed by atoms with Crippen LogP contribution in [0.25, 0.3) is 10.9 Å². The minimum Gasteiger partial charge on any atom is -0.490 e. The van der Waals surface area contributed by atoms with Crippen LogP contribution in [-0.4, -0.2) is 42.0 Å². The third-order valence-electron chi connectivity index (χ3n) is 8.95. The van der Waals surface area contributed by atoms with Crippen LogP contribution in [0.5, 0.6) is 17.2 Å². The Morgan fingerprint density at radius 2 is 1.49 bits per heavy atom. The summed E-state index contributed by atoms with van der Waals surface area (Å²) in [6.07, 6.45) is 1.91. The molecule has 0 aliphatic carbocycles. The third kappa shape index (κ3) is 8.71. The normalized spacial score (nSPS) is 13.0. The van der Waals surface area contributed by atoms with Crippen LogP contribution >= 0.6 is 0 Å². The lowest BCUT2D eigenvalue weighted by Gasteiger charge is -2.30. The summed E-state index contributed by atoms with van der Waals surface area (Å²) in [6.45, 7) is 13.2. The smallest absolute Gasteiger partial charge is 0.344 e. The second-order valence-electron chi connectivity index (χ2n) is 13.0. The maximum absolute atomic E-state index is 13.3. The Labute approximate surface area is 302 Å². The highest BCUT2D eigenvalue weighted by molar-refractivity contribution is 7.80. The Bertz CT molecular complexity index is 2130. The first-order valence-electron chi connectivity index (χ1n) is 16.5. The Kier molecular flexibility index (Phi) is 11.7. The van der Waals surface area contributed by atoms with E-state index in [1.807, 2.05) is 6.07 Å². The van der Waals surface area contributed by atoms with E-state index in [9.17, 15) is 18.0 Å². The maximum atomic E-state index is 13.3. The molecule has 13 heteroatoms. The number of fused-ring (bicyclic) bond motifs is 1. The molecule has 51 heavy (non-hydrogen) atoms. The van der Waals surface area contributed by atoms with Crippen molar-refractivity contribution in [3.8, 4) is 17.2 Å². The number of carbonyl (C=O) groups is 1. The first kappa shape index (κ1) is 37.4. The fraction of sp³-hybridized carbons (Fsp3) is 0.316. The number of hydrogen-bond donors (Lipinski definition) is 0. The monoisotopic (exact) mass is 731 g/mol. The van der Waals surface area contributed by atoms with Crippen molar-refractivity contribution in [1.29, 1.82) is 0 Å². The molecule has 2 atom stereocenters. The molecule has 0 aliphatic heterocycles. The highest BCUT2D eigenvalue weighted by Gasteiger charge is 2.27. The molecule has 0 N–H and O–H groups in total. The number of aromatic nitrogens is 3. The molecule has 0 bridgehead atoms. The highest BCUT2D eigenvalue weighted by Crippen LogP contribution is 2.38. The minimum atomic E-state index is -2.53. The second kappa shape index (κ2) is 16.0. The first-order valence-corrected chi connectivity index (χ1v) is 18.6. The summed E-state index contributed by atoms with van der Waals surface area (Å²) in [5, 5.41) is 7.73. The quantitative estimate of drug-likeness (QED) is 0.0817. The van der Waals surface area contributed by atoms with Crippen molar-refractivity contribution in [2.75, 3.05) is 13.2 Å². The second-order valence-corrected chi connectivity index (χ2v) is 15.1. The van der Waals surface area contributed by atoms with Crippen molar-refractivity contribution in [3.63, 3.8) is 0 Å². The van der Waals surface area contributed by atoms with Crippen molar-refractivity contribution >= 4 is 39.2 Å². The fourth-order valence-corrected chi connectivity index (χ4v) is 6.46. The molecule has 0 fully saturated rings. The summed E-state index contributed by atoms with van der Waals surface area (Å²) >= 11 is -4.37. The Balaban J connectivity index is 1.26. The zero-order valence-electron chi connectivity index (χ0n) is 29.4. The number of rotatable bonds is 15. The molecule has 0 aliphatic rings. The lowest BCUT2D eigenvalue weighted by Crippen LogP contribution is -2.29. The zero-order chi connectivity index (χ0) is 36.8. The van der Waals surface area contributed by atoms with Crippen LogP contribution in [0.4, 0.5) is 0 Å². The zero-order valence-corrected chi connectivity index (χ0v) is 31.0. The topological polar surface area (TPSA) is 136 Å². The average molecular weight is 732 g/mol. The molecule has 1 aromatic heterocycles. The largest absolute Gasteiger partial charge is 0.490 e. The highest BCUT2D eigenvalue weighted by atomic mass is 32.2. The molecule has 4 aromatic carbocycles. The van der Waals surface area contributed by atoms with E-state index in [2.05, 4.69) is 64.0 Å². The summed E-state index contributed by atoms with van der Waals surface area (Å²) in [5.74, 6) is 0.0446. The lowest BCUT2D eigenvalue weighted by molar-refractivity contribution is 0.0447. The summed E-state index contributed by atoms with van der Waals surface area (Å²) in [5.41, 5.74) is 1.60. The van der Waals surface area contributed by atoms with Crippen LogP contribution in [0.2, 0.25) is 0 Å². The number of benzene rings is 4. The Morgan fingerprint density at radius 3 is 2.22 bits per heavy atom. The molecule has 0 saturated carbocycles. The summed E-state index contributed by atoms with van der Waals surface area (Å²) < 4.78 is 49.1. The lowest BCUT2D eigenvalue weighted by atomic mass is 9.76. The van der Waals surface area contributed by atoms with Crippen LogP contribution < -0.4 is 18.7 Å². The van der Waals surface area contributed by atoms with Crippen molar-refractivity contribution in [1.82, 2.24) is 14.4 Å². The molecule has 1 heterocycles. The number of carbonyl (C=O) groups excluding carboxylic acids is 1. The fourth-order valence-electron chi connectivity index (χ4n) is 5.01. The summed E-state index contributed by atoms with van der Waals surface area (Å²) in [4.78, 5) is 26.9. The SMILES string of the molecule is CCC(C)(C)c1ccc(OCCOC(=O)c2ccccc2OS(=O)n2nnc3ccc(OS(=O)c4ccccc4)cc3c2=O)c(C(C)(C)CC)c1. The molecule has 11 nitrogen and oxygen atoms in total.